The van der Waals surface area contributed by atoms with E-state index in [9.17, 15) is 0 Å². The number of hydrogen-bond acceptors (Lipinski definition) is 1. The quantitative estimate of drug-likeness (QED) is 0.653. The number of hydrogen-bond donors (Lipinski definition) is 0. The maximum absolute atomic E-state index is 6.08. The molecule has 1 nitrogen and oxygen atoms in total. The molecule has 0 atom stereocenters. The molecule has 1 aromatic rings. The van der Waals surface area contributed by atoms with Crippen LogP contribution in [0.3, 0.4) is 0 Å². The molecule has 0 aromatic heterocycles. The Morgan fingerprint density at radius 3 is 2.00 bits per heavy atom. The summed E-state index contributed by atoms with van der Waals surface area (Å²) in [6, 6.07) is 4.27. The van der Waals surface area contributed by atoms with Gasteiger partial charge in [0.05, 0.1) is 5.69 Å². The Balaban J connectivity index is 3.21. The van der Waals surface area contributed by atoms with Gasteiger partial charge in [-0.15, -0.1) is 0 Å². The standard InChI is InChI=1S/C13H18ClN/c1-8(2)13(14)15-12-10(4)6-9(3)7-11(12)5/h6-8H,1-5H3. The van der Waals surface area contributed by atoms with Crippen LogP contribution < -0.4 is 0 Å². The zero-order valence-corrected chi connectivity index (χ0v) is 10.8. The third-order valence-corrected chi connectivity index (χ3v) is 2.85. The molecule has 0 N–H and O–H groups in total. The average Bonchev–Trinajstić information content (AvgIpc) is 2.10. The summed E-state index contributed by atoms with van der Waals surface area (Å²) in [6.45, 7) is 10.3. The van der Waals surface area contributed by atoms with Gasteiger partial charge in [0.1, 0.15) is 5.17 Å². The number of benzene rings is 1. The minimum Gasteiger partial charge on any atom is -0.240 e. The Hall–Kier alpha value is -0.820. The van der Waals surface area contributed by atoms with E-state index in [1.54, 1.807) is 0 Å². The van der Waals surface area contributed by atoms with Crippen LogP contribution in [0.15, 0.2) is 17.1 Å². The van der Waals surface area contributed by atoms with Crippen molar-refractivity contribution in [2.24, 2.45) is 10.9 Å². The van der Waals surface area contributed by atoms with Crippen LogP contribution in [0.4, 0.5) is 5.69 Å². The van der Waals surface area contributed by atoms with Gasteiger partial charge in [0, 0.05) is 5.92 Å². The molecular weight excluding hydrogens is 206 g/mol. The maximum atomic E-state index is 6.08. The minimum atomic E-state index is 0.284. The first kappa shape index (κ1) is 12.3. The predicted octanol–water partition coefficient (Wildman–Crippen LogP) is 4.54. The lowest BCUT2D eigenvalue weighted by Crippen LogP contribution is -1.98. The van der Waals surface area contributed by atoms with Gasteiger partial charge in [-0.3, -0.25) is 0 Å². The van der Waals surface area contributed by atoms with Gasteiger partial charge in [0.15, 0.2) is 0 Å². The second kappa shape index (κ2) is 4.80. The first-order chi connectivity index (χ1) is 6.91. The lowest BCUT2D eigenvalue weighted by atomic mass is 10.1. The topological polar surface area (TPSA) is 12.4 Å². The van der Waals surface area contributed by atoms with Crippen molar-refractivity contribution >= 4 is 22.5 Å². The van der Waals surface area contributed by atoms with Crippen LogP contribution in [-0.2, 0) is 0 Å². The van der Waals surface area contributed by atoms with Gasteiger partial charge < -0.3 is 0 Å². The molecule has 1 rings (SSSR count). The first-order valence-electron chi connectivity index (χ1n) is 5.23. The number of aryl methyl sites for hydroxylation is 3. The second-order valence-electron chi connectivity index (χ2n) is 4.34. The average molecular weight is 224 g/mol. The molecule has 0 unspecified atom stereocenters. The van der Waals surface area contributed by atoms with Crippen molar-refractivity contribution in [3.8, 4) is 0 Å². The third kappa shape index (κ3) is 3.07. The summed E-state index contributed by atoms with van der Waals surface area (Å²) in [6.07, 6.45) is 0. The van der Waals surface area contributed by atoms with Gasteiger partial charge in [0.25, 0.3) is 0 Å². The molecule has 0 aliphatic rings. The monoisotopic (exact) mass is 223 g/mol. The molecule has 0 radical (unpaired) electrons. The number of halogens is 1. The van der Waals surface area contributed by atoms with E-state index in [1.807, 2.05) is 13.8 Å². The van der Waals surface area contributed by atoms with E-state index in [2.05, 4.69) is 37.9 Å². The van der Waals surface area contributed by atoms with Gasteiger partial charge in [-0.1, -0.05) is 43.1 Å². The SMILES string of the molecule is Cc1cc(C)c(N=C(Cl)C(C)C)c(C)c1. The highest BCUT2D eigenvalue weighted by Crippen LogP contribution is 2.26. The van der Waals surface area contributed by atoms with Crippen molar-refractivity contribution in [1.82, 2.24) is 0 Å². The largest absolute Gasteiger partial charge is 0.240 e. The van der Waals surface area contributed by atoms with Crippen LogP contribution in [0.1, 0.15) is 30.5 Å². The van der Waals surface area contributed by atoms with Crippen molar-refractivity contribution in [2.45, 2.75) is 34.6 Å². The van der Waals surface area contributed by atoms with Gasteiger partial charge in [0.2, 0.25) is 0 Å². The fourth-order valence-electron chi connectivity index (χ4n) is 1.58. The van der Waals surface area contributed by atoms with Gasteiger partial charge >= 0.3 is 0 Å². The van der Waals surface area contributed by atoms with Gasteiger partial charge in [-0.05, 0) is 31.9 Å². The van der Waals surface area contributed by atoms with E-state index < -0.39 is 0 Å². The molecule has 0 bridgehead atoms. The molecule has 0 saturated carbocycles. The molecule has 0 fully saturated rings. The molecule has 82 valence electrons. The fraction of sp³-hybridized carbons (Fsp3) is 0.462. The highest BCUT2D eigenvalue weighted by Gasteiger charge is 2.06. The molecule has 0 aliphatic carbocycles. The lowest BCUT2D eigenvalue weighted by Gasteiger charge is -2.08. The summed E-state index contributed by atoms with van der Waals surface area (Å²) in [5.41, 5.74) is 4.65. The third-order valence-electron chi connectivity index (χ3n) is 2.33. The normalized spacial score (nSPS) is 12.3. The summed E-state index contributed by atoms with van der Waals surface area (Å²) in [5, 5.41) is 0.671. The molecule has 0 spiro atoms. The van der Waals surface area contributed by atoms with Crippen LogP contribution in [0.2, 0.25) is 0 Å². The number of nitrogens with zero attached hydrogens (tertiary/aromatic N) is 1. The molecule has 0 amide bonds. The highest BCUT2D eigenvalue weighted by atomic mass is 35.5. The highest BCUT2D eigenvalue weighted by molar-refractivity contribution is 6.66. The second-order valence-corrected chi connectivity index (χ2v) is 4.72. The van der Waals surface area contributed by atoms with Crippen LogP contribution in [-0.4, -0.2) is 5.17 Å². The van der Waals surface area contributed by atoms with Crippen LogP contribution in [0, 0.1) is 26.7 Å². The smallest absolute Gasteiger partial charge is 0.109 e. The van der Waals surface area contributed by atoms with Crippen LogP contribution in [0.5, 0.6) is 0 Å². The van der Waals surface area contributed by atoms with Crippen LogP contribution in [0.25, 0.3) is 0 Å². The molecule has 0 saturated heterocycles. The van der Waals surface area contributed by atoms with Gasteiger partial charge in [-0.2, -0.15) is 0 Å². The summed E-state index contributed by atoms with van der Waals surface area (Å²) >= 11 is 6.08. The molecule has 2 heteroatoms. The Bertz CT molecular complexity index is 369. The summed E-state index contributed by atoms with van der Waals surface area (Å²) in [4.78, 5) is 4.48. The van der Waals surface area contributed by atoms with Gasteiger partial charge in [-0.25, -0.2) is 4.99 Å². The van der Waals surface area contributed by atoms with Crippen molar-refractivity contribution in [3.63, 3.8) is 0 Å². The van der Waals surface area contributed by atoms with Crippen molar-refractivity contribution in [1.29, 1.82) is 0 Å². The molecule has 0 aliphatic heterocycles. The minimum absolute atomic E-state index is 0.284. The number of rotatable bonds is 2. The zero-order chi connectivity index (χ0) is 11.6. The van der Waals surface area contributed by atoms with E-state index in [4.69, 9.17) is 11.6 Å². The lowest BCUT2D eigenvalue weighted by molar-refractivity contribution is 0.898. The van der Waals surface area contributed by atoms with Crippen molar-refractivity contribution in [2.75, 3.05) is 0 Å². The van der Waals surface area contributed by atoms with E-state index in [0.29, 0.717) is 5.17 Å². The molecule has 0 heterocycles. The predicted molar refractivity (Wildman–Crippen MR) is 68.4 cm³/mol. The summed E-state index contributed by atoms with van der Waals surface area (Å²) < 4.78 is 0. The molecule has 1 aromatic carbocycles. The van der Waals surface area contributed by atoms with Crippen LogP contribution >= 0.6 is 11.6 Å². The van der Waals surface area contributed by atoms with E-state index >= 15 is 0 Å². The van der Waals surface area contributed by atoms with E-state index in [0.717, 1.165) is 5.69 Å². The Kier molecular flexibility index (Phi) is 3.92. The number of aliphatic imine (C=N–C) groups is 1. The maximum Gasteiger partial charge on any atom is 0.109 e. The molecular formula is C13H18ClN. The zero-order valence-electron chi connectivity index (χ0n) is 10.1. The molecule has 15 heavy (non-hydrogen) atoms. The van der Waals surface area contributed by atoms with Crippen molar-refractivity contribution < 1.29 is 0 Å². The van der Waals surface area contributed by atoms with Crippen molar-refractivity contribution in [3.05, 3.63) is 28.8 Å². The van der Waals surface area contributed by atoms with E-state index in [1.165, 1.54) is 16.7 Å². The summed E-state index contributed by atoms with van der Waals surface area (Å²) in [5.74, 6) is 0.284. The Morgan fingerprint density at radius 1 is 1.13 bits per heavy atom. The Labute approximate surface area is 97.2 Å². The summed E-state index contributed by atoms with van der Waals surface area (Å²) in [7, 11) is 0. The van der Waals surface area contributed by atoms with E-state index in [-0.39, 0.29) is 5.92 Å². The Morgan fingerprint density at radius 2 is 1.60 bits per heavy atom. The fourth-order valence-corrected chi connectivity index (χ4v) is 1.67. The first-order valence-corrected chi connectivity index (χ1v) is 5.61.